The van der Waals surface area contributed by atoms with E-state index in [0.717, 1.165) is 10.8 Å². The molecule has 3 aromatic rings. The van der Waals surface area contributed by atoms with Crippen LogP contribution in [0.5, 0.6) is 5.75 Å². The first kappa shape index (κ1) is 94.4. The van der Waals surface area contributed by atoms with E-state index < -0.39 is 137 Å². The molecular formula is C83H120N12O21S. The van der Waals surface area contributed by atoms with Crippen LogP contribution in [0, 0.1) is 35.0 Å². The molecule has 1 aliphatic carbocycles. The summed E-state index contributed by atoms with van der Waals surface area (Å²) in [5, 5.41) is 18.1. The monoisotopic (exact) mass is 1650 g/mol. The molecule has 3 saturated heterocycles. The van der Waals surface area contributed by atoms with Crippen LogP contribution in [0.15, 0.2) is 60.7 Å². The number of likely N-dealkylation sites (N-methyl/N-ethyl adjacent to an activating group) is 2. The number of primary amides is 1. The molecule has 3 aromatic carbocycles. The minimum Gasteiger partial charge on any atom is -0.497 e. The largest absolute Gasteiger partial charge is 0.508 e. The van der Waals surface area contributed by atoms with E-state index in [0.29, 0.717) is 66.2 Å². The number of carbonyl (C=O) groups excluding carboxylic acids is 15. The fourth-order valence-electron chi connectivity index (χ4n) is 15.2. The molecule has 0 radical (unpaired) electrons. The highest BCUT2D eigenvalue weighted by atomic mass is 32.2. The van der Waals surface area contributed by atoms with Crippen LogP contribution in [-0.2, 0) is 87.9 Å². The molecular weight excluding hydrogens is 1530 g/mol. The first-order valence-electron chi connectivity index (χ1n) is 40.3. The third kappa shape index (κ3) is 26.6. The summed E-state index contributed by atoms with van der Waals surface area (Å²) >= 11 is 1.29. The second-order valence-electron chi connectivity index (χ2n) is 32.3. The Bertz CT molecular complexity index is 4020. The van der Waals surface area contributed by atoms with Crippen LogP contribution in [0.2, 0.25) is 0 Å². The van der Waals surface area contributed by atoms with E-state index in [1.165, 1.54) is 35.8 Å². The molecule has 34 heteroatoms. The molecule has 4 aliphatic rings. The number of unbranched alkanes of at least 4 members (excludes halogenated alkanes) is 2. The molecule has 3 aliphatic heterocycles. The van der Waals surface area contributed by atoms with Gasteiger partial charge in [-0.05, 0) is 128 Å². The van der Waals surface area contributed by atoms with Crippen LogP contribution in [0.3, 0.4) is 0 Å². The van der Waals surface area contributed by atoms with Crippen LogP contribution >= 0.6 is 11.8 Å². The molecule has 0 bridgehead atoms. The van der Waals surface area contributed by atoms with Gasteiger partial charge in [-0.15, -0.1) is 16.8 Å². The molecule has 644 valence electrons. The number of nitrogens with one attached hydrogen (secondary N) is 6. The summed E-state index contributed by atoms with van der Waals surface area (Å²) in [4.78, 5) is 212. The zero-order chi connectivity index (χ0) is 86.3. The Labute approximate surface area is 688 Å². The molecule has 7 rings (SSSR count). The van der Waals surface area contributed by atoms with Gasteiger partial charge in [0.25, 0.3) is 11.8 Å². The number of benzene rings is 3. The normalized spacial score (nSPS) is 18.8. The number of carbonyl (C=O) groups is 15. The Morgan fingerprint density at radius 3 is 1.98 bits per heavy atom. The molecule has 13 amide bonds. The average molecular weight is 1650 g/mol. The lowest BCUT2D eigenvalue weighted by Crippen LogP contribution is -2.59. The fraction of sp³-hybridized carbons (Fsp3) is 0.627. The van der Waals surface area contributed by atoms with Crippen molar-refractivity contribution < 1.29 is 100 Å². The molecule has 3 unspecified atom stereocenters. The van der Waals surface area contributed by atoms with Gasteiger partial charge in [0.05, 0.1) is 74.5 Å². The van der Waals surface area contributed by atoms with E-state index in [2.05, 4.69) is 31.9 Å². The van der Waals surface area contributed by atoms with Gasteiger partial charge in [0.1, 0.15) is 36.6 Å². The van der Waals surface area contributed by atoms with Gasteiger partial charge in [0, 0.05) is 83.5 Å². The van der Waals surface area contributed by atoms with Crippen molar-refractivity contribution in [1.29, 1.82) is 0 Å². The number of fused-ring (bicyclic) bond motifs is 1. The SMILES string of the molecule is CC[C@H](C)C([C@@H](CC(=O)N1C[C@@H](OC(=O)OCc2ccc(NC(=O)C(CCCNC(N)=O)NC(=O)[C@@H](NC(=O)CCCCCN3C(=O)CC(SCC4(CC(=O)ON5C(=O)CCC5=O)CC4)C3=O)C(C)C)cc2)C[C@H]1[C@H](OC)[C@@H](C)C(=O)NCC(=O)c1ccc2cc(OC)ccc2c1)OC)N(C)C(=O)[C@@H](NC(=O)[C@H](C(C)C)N(C)C)C(C)C. The van der Waals surface area contributed by atoms with E-state index in [1.54, 1.807) is 107 Å². The van der Waals surface area contributed by atoms with Gasteiger partial charge in [-0.1, -0.05) is 105 Å². The third-order valence-electron chi connectivity index (χ3n) is 22.2. The number of thioether (sulfide) groups is 1. The van der Waals surface area contributed by atoms with Crippen molar-refractivity contribution in [3.8, 4) is 5.75 Å². The van der Waals surface area contributed by atoms with E-state index in [-0.39, 0.29) is 143 Å². The second-order valence-corrected chi connectivity index (χ2v) is 33.5. The van der Waals surface area contributed by atoms with Crippen molar-refractivity contribution in [1.82, 2.24) is 51.2 Å². The zero-order valence-electron chi connectivity index (χ0n) is 70.1. The van der Waals surface area contributed by atoms with Gasteiger partial charge in [-0.2, -0.15) is 0 Å². The van der Waals surface area contributed by atoms with Crippen molar-refractivity contribution >= 4 is 117 Å². The topological polar surface area (TPSA) is 426 Å². The fourth-order valence-corrected chi connectivity index (χ4v) is 16.6. The third-order valence-corrected chi connectivity index (χ3v) is 23.8. The Morgan fingerprint density at radius 2 is 1.38 bits per heavy atom. The summed E-state index contributed by atoms with van der Waals surface area (Å²) in [6.45, 7) is 15.8. The highest BCUT2D eigenvalue weighted by Gasteiger charge is 2.50. The molecule has 33 nitrogen and oxygen atoms in total. The number of likely N-dealkylation sites (tertiary alicyclic amines) is 2. The number of nitrogens with zero attached hydrogens (tertiary/aromatic N) is 5. The number of amides is 13. The molecule has 1 saturated carbocycles. The number of hydrogen-bond acceptors (Lipinski definition) is 23. The molecule has 3 heterocycles. The maximum Gasteiger partial charge on any atom is 0.508 e. The lowest BCUT2D eigenvalue weighted by atomic mass is 9.89. The number of hydroxylamine groups is 2. The van der Waals surface area contributed by atoms with Crippen molar-refractivity contribution in [3.05, 3.63) is 71.8 Å². The molecule has 117 heavy (non-hydrogen) atoms. The van der Waals surface area contributed by atoms with Crippen molar-refractivity contribution in [2.75, 3.05) is 79.7 Å². The predicted octanol–water partition coefficient (Wildman–Crippen LogP) is 6.34. The Morgan fingerprint density at radius 1 is 0.709 bits per heavy atom. The standard InChI is InChI=1S/C83H120N12O21S/c1-16-50(8)73(92(12)80(108)71(48(4)5)90-78(106)72(49(6)7)91(10)11)62(112-14)40-67(100)94-44-58(39-60(94)74(113-15)51(9)75(103)86-43-61(96)55-26-25-54-38-57(111-13)30-27-53(54)37-55)115-82(110)114-45-52-23-28-56(29-24-52)87-76(104)59(21-20-35-85-81(84)109)88-77(105)70(47(2)3)89-64(97)22-18-17-19-36-93-68(101)41-63(79(93)107)117-46-83(33-34-83)42-69(102)116-95-65(98)31-32-66(95)99/h23-30,37-38,47-51,58-60,62-63,70-74H,16-22,31-36,39-46H2,1-15H3,(H,86,103)(H,87,104)(H,88,105)(H,89,97)(H,90,106)(H3,84,85,109)/t50-,51+,58-,59?,60-,62+,63?,70-,71-,72-,73?,74+/m0/s1. The van der Waals surface area contributed by atoms with Gasteiger partial charge in [0.2, 0.25) is 53.2 Å². The molecule has 12 atom stereocenters. The maximum atomic E-state index is 15.2. The minimum atomic E-state index is -1.18. The number of methoxy groups -OCH3 is 3. The lowest BCUT2D eigenvalue weighted by molar-refractivity contribution is -0.198. The summed E-state index contributed by atoms with van der Waals surface area (Å²) in [6.07, 6.45) is -1.04. The number of ether oxygens (including phenoxy) is 5. The zero-order valence-corrected chi connectivity index (χ0v) is 70.9. The minimum absolute atomic E-state index is 0.00205. The van der Waals surface area contributed by atoms with Gasteiger partial charge >= 0.3 is 18.2 Å². The highest BCUT2D eigenvalue weighted by molar-refractivity contribution is 8.00. The number of nitrogens with two attached hydrogens (primary N) is 1. The molecule has 4 fully saturated rings. The quantitative estimate of drug-likeness (QED) is 0.0140. The smallest absolute Gasteiger partial charge is 0.497 e. The second kappa shape index (κ2) is 44.1. The van der Waals surface area contributed by atoms with E-state index >= 15 is 4.79 Å². The lowest BCUT2D eigenvalue weighted by Gasteiger charge is -2.41. The van der Waals surface area contributed by atoms with Crippen LogP contribution in [0.1, 0.15) is 175 Å². The van der Waals surface area contributed by atoms with E-state index in [9.17, 15) is 67.1 Å². The molecule has 0 spiro atoms. The van der Waals surface area contributed by atoms with Crippen molar-refractivity contribution in [3.63, 3.8) is 0 Å². The van der Waals surface area contributed by atoms with Gasteiger partial charge in [-0.25, -0.2) is 14.4 Å². The van der Waals surface area contributed by atoms with Crippen molar-refractivity contribution in [2.24, 2.45) is 40.7 Å². The van der Waals surface area contributed by atoms with Gasteiger partial charge in [0.15, 0.2) is 5.78 Å². The van der Waals surface area contributed by atoms with Crippen LogP contribution in [0.25, 0.3) is 10.8 Å². The van der Waals surface area contributed by atoms with Crippen LogP contribution < -0.4 is 42.4 Å². The Balaban J connectivity index is 0.953. The Kier molecular flexibility index (Phi) is 35.6. The first-order valence-corrected chi connectivity index (χ1v) is 41.3. The number of rotatable bonds is 46. The average Bonchev–Trinajstić information content (AvgIpc) is 1.69. The van der Waals surface area contributed by atoms with Gasteiger partial charge in [-0.3, -0.25) is 67.3 Å². The van der Waals surface area contributed by atoms with E-state index in [4.69, 9.17) is 34.3 Å². The molecule has 8 N–H and O–H groups in total. The summed E-state index contributed by atoms with van der Waals surface area (Å²) in [6, 6.07) is 10.7. The van der Waals surface area contributed by atoms with Crippen molar-refractivity contribution in [2.45, 2.75) is 225 Å². The molecule has 0 aromatic heterocycles. The van der Waals surface area contributed by atoms with Gasteiger partial charge < -0.3 is 76.0 Å². The number of imide groups is 2. The number of anilines is 1. The van der Waals surface area contributed by atoms with Crippen LogP contribution in [-0.4, -0.2) is 248 Å². The summed E-state index contributed by atoms with van der Waals surface area (Å²) < 4.78 is 29.1. The maximum absolute atomic E-state index is 15.2. The summed E-state index contributed by atoms with van der Waals surface area (Å²) in [7, 11) is 9.63. The Hall–Kier alpha value is -9.80. The van der Waals surface area contributed by atoms with Crippen LogP contribution in [0.4, 0.5) is 15.3 Å². The highest BCUT2D eigenvalue weighted by Crippen LogP contribution is 2.52. The number of hydrogen-bond donors (Lipinski definition) is 7. The predicted molar refractivity (Wildman–Crippen MR) is 434 cm³/mol. The first-order chi connectivity index (χ1) is 55.4. The summed E-state index contributed by atoms with van der Waals surface area (Å²) in [5.74, 6) is -7.35. The number of urea groups is 1. The van der Waals surface area contributed by atoms with E-state index in [1.807, 2.05) is 53.7 Å². The number of ketones is 1. The summed E-state index contributed by atoms with van der Waals surface area (Å²) in [5.41, 5.74) is 5.95. The number of Topliss-reactive ketones (excluding diaryl/α,β-unsaturated/α-hetero) is 1.